The second-order valence-electron chi connectivity index (χ2n) is 9.32. The largest absolute Gasteiger partial charge is 0.371 e. The third-order valence-corrected chi connectivity index (χ3v) is 7.91. The molecule has 1 amide bonds. The third-order valence-electron chi connectivity index (χ3n) is 6.80. The van der Waals surface area contributed by atoms with Crippen LogP contribution in [0, 0.1) is 5.82 Å². The highest BCUT2D eigenvalue weighted by atomic mass is 32.2. The Bertz CT molecular complexity index is 1370. The van der Waals surface area contributed by atoms with Crippen LogP contribution in [0.15, 0.2) is 47.9 Å². The quantitative estimate of drug-likeness (QED) is 0.533. The lowest BCUT2D eigenvalue weighted by molar-refractivity contribution is -0.130. The molecule has 0 aliphatic carbocycles. The van der Waals surface area contributed by atoms with E-state index in [1.807, 2.05) is 18.1 Å². The van der Waals surface area contributed by atoms with Gasteiger partial charge in [0, 0.05) is 68.7 Å². The Kier molecular flexibility index (Phi) is 6.37. The Balaban J connectivity index is 1.17. The number of likely N-dealkylation sites (tertiary alicyclic amines) is 1. The maximum absolute atomic E-state index is 14.5. The number of sulfone groups is 1. The molecule has 4 heterocycles. The minimum atomic E-state index is -3.50. The Labute approximate surface area is 209 Å². The Morgan fingerprint density at radius 2 is 1.75 bits per heavy atom. The van der Waals surface area contributed by atoms with E-state index in [4.69, 9.17) is 0 Å². The van der Waals surface area contributed by atoms with Gasteiger partial charge in [-0.25, -0.2) is 22.8 Å². The molecule has 0 spiro atoms. The molecule has 1 atom stereocenters. The van der Waals surface area contributed by atoms with Gasteiger partial charge in [0.1, 0.15) is 11.9 Å². The number of piperidine rings is 1. The van der Waals surface area contributed by atoms with Crippen LogP contribution < -0.4 is 10.2 Å². The molecule has 2 aliphatic rings. The van der Waals surface area contributed by atoms with Gasteiger partial charge >= 0.3 is 0 Å². The molecule has 10 nitrogen and oxygen atoms in total. The minimum Gasteiger partial charge on any atom is -0.371 e. The van der Waals surface area contributed by atoms with Crippen molar-refractivity contribution in [2.45, 2.75) is 36.2 Å². The summed E-state index contributed by atoms with van der Waals surface area (Å²) in [4.78, 5) is 26.0. The monoisotopic (exact) mass is 513 g/mol. The molecule has 2 aliphatic heterocycles. The normalized spacial score (nSPS) is 19.2. The summed E-state index contributed by atoms with van der Waals surface area (Å²) in [5.41, 5.74) is 2.00. The fourth-order valence-corrected chi connectivity index (χ4v) is 5.44. The number of nitrogens with one attached hydrogen (secondary N) is 1. The summed E-state index contributed by atoms with van der Waals surface area (Å²) in [7, 11) is -1.64. The van der Waals surface area contributed by atoms with E-state index in [0.29, 0.717) is 18.9 Å². The average Bonchev–Trinajstić information content (AvgIpc) is 3.45. The maximum Gasteiger partial charge on any atom is 0.245 e. The number of nitrogens with zero attached hydrogens (tertiary/aromatic N) is 6. The maximum atomic E-state index is 14.5. The summed E-state index contributed by atoms with van der Waals surface area (Å²) in [5, 5.41) is 7.14. The molecule has 1 aromatic carbocycles. The highest BCUT2D eigenvalue weighted by Gasteiger charge is 2.37. The first kappa shape index (κ1) is 24.2. The van der Waals surface area contributed by atoms with Crippen molar-refractivity contribution in [3.8, 4) is 11.1 Å². The van der Waals surface area contributed by atoms with E-state index in [1.165, 1.54) is 12.1 Å². The molecule has 0 bridgehead atoms. The Morgan fingerprint density at radius 1 is 1.03 bits per heavy atom. The highest BCUT2D eigenvalue weighted by molar-refractivity contribution is 7.90. The van der Waals surface area contributed by atoms with Crippen molar-refractivity contribution in [1.29, 1.82) is 0 Å². The van der Waals surface area contributed by atoms with Gasteiger partial charge in [-0.15, -0.1) is 0 Å². The highest BCUT2D eigenvalue weighted by Crippen LogP contribution is 2.27. The SMILES string of the molecule is Cn1cc(-c2cnc(N3CCC(N4CC[C@H](Nc5ccc(S(C)(=O)=O)cc5F)C4=O)CC3)nc2)cn1. The van der Waals surface area contributed by atoms with Crippen LogP contribution in [0.1, 0.15) is 19.3 Å². The molecular formula is C24H28FN7O3S. The predicted molar refractivity (Wildman–Crippen MR) is 133 cm³/mol. The van der Waals surface area contributed by atoms with Gasteiger partial charge in [0.25, 0.3) is 0 Å². The topological polar surface area (TPSA) is 113 Å². The molecule has 2 fully saturated rings. The van der Waals surface area contributed by atoms with Gasteiger partial charge in [0.2, 0.25) is 11.9 Å². The van der Waals surface area contributed by atoms with Crippen molar-refractivity contribution in [2.75, 3.05) is 36.1 Å². The second-order valence-corrected chi connectivity index (χ2v) is 11.3. The van der Waals surface area contributed by atoms with Crippen LogP contribution in [0.25, 0.3) is 11.1 Å². The molecule has 2 aromatic heterocycles. The second kappa shape index (κ2) is 9.49. The predicted octanol–water partition coefficient (Wildman–Crippen LogP) is 2.10. The first-order chi connectivity index (χ1) is 17.2. The van der Waals surface area contributed by atoms with E-state index in [0.717, 1.165) is 49.4 Å². The van der Waals surface area contributed by atoms with Gasteiger partial charge in [0.05, 0.1) is 16.8 Å². The van der Waals surface area contributed by atoms with Gasteiger partial charge in [-0.1, -0.05) is 0 Å². The zero-order valence-corrected chi connectivity index (χ0v) is 20.9. The van der Waals surface area contributed by atoms with Crippen LogP contribution in [0.3, 0.4) is 0 Å². The fraction of sp³-hybridized carbons (Fsp3) is 0.417. The number of carbonyl (C=O) groups is 1. The van der Waals surface area contributed by atoms with E-state index in [2.05, 4.69) is 25.3 Å². The van der Waals surface area contributed by atoms with Gasteiger partial charge < -0.3 is 15.1 Å². The smallest absolute Gasteiger partial charge is 0.245 e. The number of hydrogen-bond acceptors (Lipinski definition) is 8. The van der Waals surface area contributed by atoms with Crippen LogP contribution in [-0.2, 0) is 21.7 Å². The molecule has 12 heteroatoms. The number of aryl methyl sites for hydroxylation is 1. The van der Waals surface area contributed by atoms with Crippen molar-refractivity contribution >= 4 is 27.4 Å². The summed E-state index contributed by atoms with van der Waals surface area (Å²) in [6.07, 6.45) is 10.5. The van der Waals surface area contributed by atoms with E-state index in [-0.39, 0.29) is 22.5 Å². The molecule has 190 valence electrons. The zero-order valence-electron chi connectivity index (χ0n) is 20.1. The molecule has 36 heavy (non-hydrogen) atoms. The molecule has 5 rings (SSSR count). The van der Waals surface area contributed by atoms with E-state index >= 15 is 0 Å². The van der Waals surface area contributed by atoms with E-state index in [1.54, 1.807) is 23.3 Å². The number of hydrogen-bond donors (Lipinski definition) is 1. The molecular weight excluding hydrogens is 485 g/mol. The molecule has 3 aromatic rings. The van der Waals surface area contributed by atoms with Crippen LogP contribution in [0.4, 0.5) is 16.0 Å². The van der Waals surface area contributed by atoms with Crippen molar-refractivity contribution in [3.63, 3.8) is 0 Å². The summed E-state index contributed by atoms with van der Waals surface area (Å²) in [5.74, 6) is -0.0782. The average molecular weight is 514 g/mol. The zero-order chi connectivity index (χ0) is 25.4. The lowest BCUT2D eigenvalue weighted by Gasteiger charge is -2.36. The van der Waals surface area contributed by atoms with Gasteiger partial charge in [-0.2, -0.15) is 5.10 Å². The summed E-state index contributed by atoms with van der Waals surface area (Å²) < 4.78 is 39.5. The van der Waals surface area contributed by atoms with Gasteiger partial charge in [-0.3, -0.25) is 9.48 Å². The molecule has 1 N–H and O–H groups in total. The number of anilines is 2. The van der Waals surface area contributed by atoms with Crippen LogP contribution in [0.2, 0.25) is 0 Å². The first-order valence-electron chi connectivity index (χ1n) is 11.8. The number of aromatic nitrogens is 4. The van der Waals surface area contributed by atoms with Crippen LogP contribution >= 0.6 is 0 Å². The summed E-state index contributed by atoms with van der Waals surface area (Å²) >= 11 is 0. The van der Waals surface area contributed by atoms with E-state index < -0.39 is 21.7 Å². The molecule has 0 saturated carbocycles. The van der Waals surface area contributed by atoms with Gasteiger partial charge in [0.15, 0.2) is 9.84 Å². The van der Waals surface area contributed by atoms with E-state index in [9.17, 15) is 17.6 Å². The molecule has 0 unspecified atom stereocenters. The fourth-order valence-electron chi connectivity index (χ4n) is 4.81. The molecule has 0 radical (unpaired) electrons. The minimum absolute atomic E-state index is 0.0582. The van der Waals surface area contributed by atoms with Crippen molar-refractivity contribution < 1.29 is 17.6 Å². The number of carbonyl (C=O) groups excluding carboxylic acids is 1. The number of halogens is 1. The van der Waals surface area contributed by atoms with Crippen molar-refractivity contribution in [2.24, 2.45) is 7.05 Å². The lowest BCUT2D eigenvalue weighted by atomic mass is 10.0. The van der Waals surface area contributed by atoms with Gasteiger partial charge in [-0.05, 0) is 37.5 Å². The van der Waals surface area contributed by atoms with Crippen molar-refractivity contribution in [3.05, 3.63) is 48.8 Å². The van der Waals surface area contributed by atoms with Crippen LogP contribution in [0.5, 0.6) is 0 Å². The summed E-state index contributed by atoms with van der Waals surface area (Å²) in [6, 6.07) is 3.27. The standard InChI is InChI=1S/C24H28FN7O3S/c1-30-15-17(14-28-30)16-12-26-24(27-13-16)31-8-5-18(6-9-31)32-10-7-22(23(32)33)29-21-4-3-19(11-20(21)25)36(2,34)35/h3-4,11-15,18,22,29H,5-10H2,1-2H3/t22-/m0/s1. The number of benzene rings is 1. The number of rotatable bonds is 6. The molecule has 2 saturated heterocycles. The third kappa shape index (κ3) is 4.90. The Morgan fingerprint density at radius 3 is 2.36 bits per heavy atom. The van der Waals surface area contributed by atoms with Crippen molar-refractivity contribution in [1.82, 2.24) is 24.6 Å². The lowest BCUT2D eigenvalue weighted by Crippen LogP contribution is -2.47. The Hall–Kier alpha value is -3.54. The first-order valence-corrected chi connectivity index (χ1v) is 13.7. The number of amides is 1. The summed E-state index contributed by atoms with van der Waals surface area (Å²) in [6.45, 7) is 2.07. The van der Waals surface area contributed by atoms with Crippen LogP contribution in [-0.4, -0.2) is 76.9 Å².